The molecule has 2 atom stereocenters. The molecule has 1 aromatic rings. The summed E-state index contributed by atoms with van der Waals surface area (Å²) in [7, 11) is 0. The van der Waals surface area contributed by atoms with Gasteiger partial charge in [-0.25, -0.2) is 4.79 Å². The number of benzene rings is 1. The van der Waals surface area contributed by atoms with Crippen LogP contribution in [0.5, 0.6) is 0 Å². The van der Waals surface area contributed by atoms with Crippen LogP contribution in [0.25, 0.3) is 0 Å². The van der Waals surface area contributed by atoms with Crippen LogP contribution in [0.2, 0.25) is 0 Å². The number of carbonyl (C=O) groups excluding carboxylic acids is 1. The fourth-order valence-electron chi connectivity index (χ4n) is 2.60. The first-order valence-electron chi connectivity index (χ1n) is 7.33. The summed E-state index contributed by atoms with van der Waals surface area (Å²) in [5.41, 5.74) is 2.05. The third-order valence-corrected chi connectivity index (χ3v) is 4.07. The van der Waals surface area contributed by atoms with Gasteiger partial charge in [0.1, 0.15) is 6.61 Å². The van der Waals surface area contributed by atoms with Crippen molar-refractivity contribution in [1.82, 2.24) is 5.32 Å². The molecule has 0 aliphatic heterocycles. The maximum atomic E-state index is 12.0. The van der Waals surface area contributed by atoms with Crippen molar-refractivity contribution in [3.63, 3.8) is 0 Å². The largest absolute Gasteiger partial charge is 0.445 e. The van der Waals surface area contributed by atoms with Gasteiger partial charge in [-0.1, -0.05) is 48.1 Å². The Kier molecular flexibility index (Phi) is 4.84. The van der Waals surface area contributed by atoms with E-state index in [0.29, 0.717) is 12.5 Å². The molecule has 3 nitrogen and oxygen atoms in total. The number of hydrogen-bond acceptors (Lipinski definition) is 2. The number of amides is 1. The van der Waals surface area contributed by atoms with Crippen LogP contribution >= 0.6 is 0 Å². The van der Waals surface area contributed by atoms with Gasteiger partial charge in [-0.2, -0.15) is 0 Å². The highest BCUT2D eigenvalue weighted by atomic mass is 16.5. The second-order valence-corrected chi connectivity index (χ2v) is 5.70. The van der Waals surface area contributed by atoms with Crippen molar-refractivity contribution in [2.24, 2.45) is 5.92 Å². The molecule has 112 valence electrons. The van der Waals surface area contributed by atoms with Crippen molar-refractivity contribution in [2.45, 2.75) is 38.8 Å². The van der Waals surface area contributed by atoms with Crippen molar-refractivity contribution >= 4 is 6.09 Å². The summed E-state index contributed by atoms with van der Waals surface area (Å²) in [6, 6.07) is 9.69. The van der Waals surface area contributed by atoms with Gasteiger partial charge in [0.05, 0.1) is 5.54 Å². The summed E-state index contributed by atoms with van der Waals surface area (Å²) >= 11 is 0. The summed E-state index contributed by atoms with van der Waals surface area (Å²) in [5.74, 6) is 0.330. The summed E-state index contributed by atoms with van der Waals surface area (Å²) in [6.07, 6.45) is 5.42. The average Bonchev–Trinajstić information content (AvgIpc) is 3.18. The molecule has 0 saturated heterocycles. The van der Waals surface area contributed by atoms with Crippen LogP contribution in [-0.4, -0.2) is 11.6 Å². The van der Waals surface area contributed by atoms with Gasteiger partial charge in [-0.15, -0.1) is 6.58 Å². The molecule has 1 fully saturated rings. The normalized spacial score (nSPS) is 24.3. The molecule has 1 aliphatic carbocycles. The summed E-state index contributed by atoms with van der Waals surface area (Å²) in [5, 5.41) is 3.03. The zero-order valence-electron chi connectivity index (χ0n) is 12.8. The van der Waals surface area contributed by atoms with Crippen LogP contribution in [0.3, 0.4) is 0 Å². The van der Waals surface area contributed by atoms with E-state index in [1.54, 1.807) is 0 Å². The van der Waals surface area contributed by atoms with Crippen molar-refractivity contribution in [3.8, 4) is 0 Å². The monoisotopic (exact) mass is 285 g/mol. The lowest BCUT2D eigenvalue weighted by Gasteiger charge is -2.19. The average molecular weight is 285 g/mol. The van der Waals surface area contributed by atoms with Gasteiger partial charge in [0, 0.05) is 5.92 Å². The molecule has 2 rings (SSSR count). The van der Waals surface area contributed by atoms with Crippen molar-refractivity contribution < 1.29 is 9.53 Å². The highest BCUT2D eigenvalue weighted by Crippen LogP contribution is 2.48. The molecule has 1 aliphatic rings. The van der Waals surface area contributed by atoms with E-state index in [9.17, 15) is 4.79 Å². The summed E-state index contributed by atoms with van der Waals surface area (Å²) < 4.78 is 5.31. The lowest BCUT2D eigenvalue weighted by Crippen LogP contribution is -2.39. The van der Waals surface area contributed by atoms with Crippen LogP contribution in [-0.2, 0) is 11.3 Å². The number of rotatable bonds is 6. The lowest BCUT2D eigenvalue weighted by molar-refractivity contribution is 0.133. The zero-order valence-corrected chi connectivity index (χ0v) is 12.8. The molecule has 3 heteroatoms. The Morgan fingerprint density at radius 1 is 1.48 bits per heavy atom. The van der Waals surface area contributed by atoms with Gasteiger partial charge in [0.2, 0.25) is 0 Å². The van der Waals surface area contributed by atoms with E-state index in [2.05, 4.69) is 24.9 Å². The van der Waals surface area contributed by atoms with Crippen molar-refractivity contribution in [3.05, 3.63) is 60.2 Å². The second kappa shape index (κ2) is 6.61. The minimum Gasteiger partial charge on any atom is -0.445 e. The maximum absolute atomic E-state index is 12.0. The number of ether oxygens (including phenoxy) is 1. The molecule has 1 aromatic carbocycles. The highest BCUT2D eigenvalue weighted by Gasteiger charge is 2.53. The Balaban J connectivity index is 1.89. The second-order valence-electron chi connectivity index (χ2n) is 5.70. The Bertz CT molecular complexity index is 535. The maximum Gasteiger partial charge on any atom is 0.407 e. The number of alkyl carbamates (subject to hydrolysis) is 1. The van der Waals surface area contributed by atoms with Gasteiger partial charge in [-0.05, 0) is 32.3 Å². The number of hydrogen-bond donors (Lipinski definition) is 1. The molecule has 0 aromatic heterocycles. The van der Waals surface area contributed by atoms with Gasteiger partial charge in [-0.3, -0.25) is 0 Å². The van der Waals surface area contributed by atoms with E-state index in [1.807, 2.05) is 43.3 Å². The molecule has 2 unspecified atom stereocenters. The molecular weight excluding hydrogens is 262 g/mol. The number of allylic oxidation sites excluding steroid dienone is 1. The third-order valence-electron chi connectivity index (χ3n) is 4.07. The summed E-state index contributed by atoms with van der Waals surface area (Å²) in [4.78, 5) is 12.0. The van der Waals surface area contributed by atoms with Gasteiger partial charge in [0.15, 0.2) is 0 Å². The first-order chi connectivity index (χ1) is 10.1. The Morgan fingerprint density at radius 3 is 2.76 bits per heavy atom. The van der Waals surface area contributed by atoms with Crippen LogP contribution in [0.15, 0.2) is 54.6 Å². The number of nitrogens with one attached hydrogen (secondary N) is 1. The van der Waals surface area contributed by atoms with Crippen LogP contribution in [0.4, 0.5) is 4.79 Å². The Hall–Kier alpha value is -2.03. The topological polar surface area (TPSA) is 38.3 Å². The Morgan fingerprint density at radius 2 is 2.19 bits per heavy atom. The molecule has 0 radical (unpaired) electrons. The standard InChI is InChI=1S/C18H23NO2/c1-4-14(3)11-18(12-16(18)5-2)19-17(20)21-13-15-9-7-6-8-10-15/h4-10,16H,2,11-13H2,1,3H3,(H,19,20). The summed E-state index contributed by atoms with van der Waals surface area (Å²) in [6.45, 7) is 8.23. The SMILES string of the molecule is C=CC1CC1(CC(C)=CC)NC(=O)OCc1ccccc1. The first kappa shape index (κ1) is 15.4. The van der Waals surface area contributed by atoms with Crippen LogP contribution in [0.1, 0.15) is 32.3 Å². The van der Waals surface area contributed by atoms with Gasteiger partial charge < -0.3 is 10.1 Å². The fourth-order valence-corrected chi connectivity index (χ4v) is 2.60. The molecule has 1 saturated carbocycles. The quantitative estimate of drug-likeness (QED) is 0.795. The molecule has 0 spiro atoms. The van der Waals surface area contributed by atoms with E-state index < -0.39 is 0 Å². The van der Waals surface area contributed by atoms with E-state index in [4.69, 9.17) is 4.74 Å². The van der Waals surface area contributed by atoms with Crippen molar-refractivity contribution in [1.29, 1.82) is 0 Å². The zero-order chi connectivity index (χ0) is 15.3. The molecule has 1 N–H and O–H groups in total. The Labute approximate surface area is 126 Å². The minimum absolute atomic E-state index is 0.202. The lowest BCUT2D eigenvalue weighted by atomic mass is 10.0. The predicted molar refractivity (Wildman–Crippen MR) is 84.8 cm³/mol. The van der Waals surface area contributed by atoms with Gasteiger partial charge >= 0.3 is 6.09 Å². The molecule has 1 amide bonds. The molecule has 21 heavy (non-hydrogen) atoms. The predicted octanol–water partition coefficient (Wildman–Crippen LogP) is 4.21. The fraction of sp³-hybridized carbons (Fsp3) is 0.389. The molecule has 0 heterocycles. The van der Waals surface area contributed by atoms with E-state index in [1.165, 1.54) is 5.57 Å². The number of carbonyl (C=O) groups is 1. The van der Waals surface area contributed by atoms with E-state index in [0.717, 1.165) is 18.4 Å². The first-order valence-corrected chi connectivity index (χ1v) is 7.33. The van der Waals surface area contributed by atoms with Crippen LogP contribution in [0, 0.1) is 5.92 Å². The van der Waals surface area contributed by atoms with E-state index in [-0.39, 0.29) is 11.6 Å². The van der Waals surface area contributed by atoms with E-state index >= 15 is 0 Å². The minimum atomic E-state index is -0.355. The molecular formula is C18H23NO2. The van der Waals surface area contributed by atoms with Crippen molar-refractivity contribution in [2.75, 3.05) is 0 Å². The smallest absolute Gasteiger partial charge is 0.407 e. The van der Waals surface area contributed by atoms with Crippen LogP contribution < -0.4 is 5.32 Å². The third kappa shape index (κ3) is 3.97. The molecule has 0 bridgehead atoms. The highest BCUT2D eigenvalue weighted by molar-refractivity contribution is 5.69. The van der Waals surface area contributed by atoms with Gasteiger partial charge in [0.25, 0.3) is 0 Å².